The second kappa shape index (κ2) is 45.7. The van der Waals surface area contributed by atoms with Crippen LogP contribution in [0.2, 0.25) is 0 Å². The number of aryl methyl sites for hydroxylation is 12. The Bertz CT molecular complexity index is 5400. The Morgan fingerprint density at radius 1 is 0.439 bits per heavy atom. The van der Waals surface area contributed by atoms with Gasteiger partial charge in [0.25, 0.3) is 38.9 Å². The van der Waals surface area contributed by atoms with Crippen LogP contribution in [0.5, 0.6) is 0 Å². The monoisotopic (exact) mass is 1720 g/mol. The molecule has 0 aromatic carbocycles. The van der Waals surface area contributed by atoms with E-state index in [0.29, 0.717) is 82.5 Å². The number of aromatic amines is 7. The van der Waals surface area contributed by atoms with Gasteiger partial charge in [-0.25, -0.2) is 44.9 Å². The maximum absolute atomic E-state index is 11.3. The standard InChI is InChI=1S/C12H16N4OS.C11H14N4OS.C10H12N4OS.2C10H11N3O2S.C10H11N3OS2.C9H9N3OS2/c1-8(2)10-4-5-13-16(10)7-18-12-14-9(3)6-11(17)15-12;1-3-9-4-5-12-15(9)7-17-11-13-8(2)6-10(16)14-11;1-7-5-9(15)13-10(12-7)16-6-14-8(2)3-4-11-14;1-6-3-9(14)12-10(11-6)16-5-8-4-15-13-7(8)2;1-6-3-9(14)13-10(12-6)16-5-8-4-11-15-7(8)2;1-6-3-9(14)13-10(12-6)15-4-8-7(2)16-5-11-8;1-6-4-7(13)12-9(11-6)15-5-8-10-2-3-14-8/h4-6,8H,7H2,1-3H3,(H,14,15,17);4-6H,3,7H2,1-2H3,(H,13,14,16);3-5H,6H2,1-2H3,(H,12,13,15);3-4H,5H2,1-2H3,(H,11,12,14);3-4H,5H2,1-2H3,(H,12,13,14);3,5H,4H2,1-2H3,(H,12,13,14);2-4H,5H2,1H3,(H,11,12,13). The van der Waals surface area contributed by atoms with Crippen molar-refractivity contribution in [2.45, 2.75) is 186 Å². The van der Waals surface area contributed by atoms with Crippen molar-refractivity contribution >= 4 is 105 Å². The maximum atomic E-state index is 11.3. The Morgan fingerprint density at radius 2 is 0.833 bits per heavy atom. The van der Waals surface area contributed by atoms with Crippen LogP contribution in [-0.2, 0) is 47.1 Å². The second-order valence-corrected chi connectivity index (χ2v) is 33.2. The van der Waals surface area contributed by atoms with Gasteiger partial charge in [0.2, 0.25) is 0 Å². The molecule has 7 N–H and O–H groups in total. The van der Waals surface area contributed by atoms with Gasteiger partial charge >= 0.3 is 0 Å². The highest BCUT2D eigenvalue weighted by Gasteiger charge is 2.13. The van der Waals surface area contributed by atoms with Gasteiger partial charge in [-0.3, -0.25) is 47.6 Å². The van der Waals surface area contributed by atoms with E-state index in [1.54, 1.807) is 80.7 Å². The summed E-state index contributed by atoms with van der Waals surface area (Å²) in [4.78, 5) is 137. The van der Waals surface area contributed by atoms with E-state index < -0.39 is 0 Å². The molecule has 0 fully saturated rings. The first kappa shape index (κ1) is 89.5. The lowest BCUT2D eigenvalue weighted by Gasteiger charge is -2.09. The molecule has 0 aliphatic carbocycles. The number of thiazole rings is 2. The number of hydrogen-bond acceptors (Lipinski definition) is 32. The van der Waals surface area contributed by atoms with Crippen molar-refractivity contribution in [3.05, 3.63) is 276 Å². The zero-order chi connectivity index (χ0) is 82.2. The largest absolute Gasteiger partial charge is 0.364 e. The minimum Gasteiger partial charge on any atom is -0.364 e. The zero-order valence-corrected chi connectivity index (χ0v) is 71.9. The van der Waals surface area contributed by atoms with Gasteiger partial charge in [0.05, 0.1) is 46.5 Å². The van der Waals surface area contributed by atoms with Gasteiger partial charge in [0.1, 0.15) is 17.0 Å². The van der Waals surface area contributed by atoms with Crippen molar-refractivity contribution in [2.75, 3.05) is 0 Å². The molecule has 33 nitrogen and oxygen atoms in total. The van der Waals surface area contributed by atoms with Gasteiger partial charge in [-0.2, -0.15) is 15.3 Å². The summed E-state index contributed by atoms with van der Waals surface area (Å²) in [5.74, 6) is 6.01. The Balaban J connectivity index is 0.000000167. The molecule has 14 aromatic heterocycles. The molecule has 0 aliphatic rings. The van der Waals surface area contributed by atoms with E-state index in [-0.39, 0.29) is 38.9 Å². The van der Waals surface area contributed by atoms with Crippen LogP contribution < -0.4 is 38.9 Å². The summed E-state index contributed by atoms with van der Waals surface area (Å²) in [6.45, 7) is 26.8. The highest BCUT2D eigenvalue weighted by Crippen LogP contribution is 2.26. The summed E-state index contributed by atoms with van der Waals surface area (Å²) in [7, 11) is 0. The van der Waals surface area contributed by atoms with Crippen molar-refractivity contribution in [3.63, 3.8) is 0 Å². The third-order valence-corrected chi connectivity index (χ3v) is 22.7. The fourth-order valence-corrected chi connectivity index (χ4v) is 16.9. The molecule has 0 spiro atoms. The second-order valence-electron chi connectivity index (χ2n) is 24.5. The molecule has 0 atom stereocenters. The van der Waals surface area contributed by atoms with Crippen molar-refractivity contribution in [2.24, 2.45) is 0 Å². The molecule has 114 heavy (non-hydrogen) atoms. The van der Waals surface area contributed by atoms with Crippen LogP contribution in [0.15, 0.2) is 188 Å². The molecular formula is C72H84N24O9S9. The van der Waals surface area contributed by atoms with Crippen LogP contribution in [0.4, 0.5) is 0 Å². The third-order valence-electron chi connectivity index (χ3n) is 14.8. The van der Waals surface area contributed by atoms with Gasteiger partial charge in [-0.15, -0.1) is 22.7 Å². The summed E-state index contributed by atoms with van der Waals surface area (Å²) < 4.78 is 15.5. The van der Waals surface area contributed by atoms with Gasteiger partial charge in [0, 0.05) is 163 Å². The molecule has 600 valence electrons. The number of rotatable bonds is 23. The lowest BCUT2D eigenvalue weighted by molar-refractivity contribution is 0.396. The summed E-state index contributed by atoms with van der Waals surface area (Å²) in [6.07, 6.45) is 11.3. The quantitative estimate of drug-likeness (QED) is 0.0231. The molecular weight excluding hydrogens is 1630 g/mol. The fraction of sp³-hybridized carbons (Fsp3) is 0.319. The van der Waals surface area contributed by atoms with E-state index >= 15 is 0 Å². The zero-order valence-electron chi connectivity index (χ0n) is 64.6. The Labute approximate surface area is 690 Å². The molecule has 14 aromatic rings. The van der Waals surface area contributed by atoms with Crippen LogP contribution in [-0.4, -0.2) is 119 Å². The van der Waals surface area contributed by atoms with Crippen LogP contribution in [0.25, 0.3) is 0 Å². The summed E-state index contributed by atoms with van der Waals surface area (Å²) in [5, 5.41) is 27.5. The number of thioether (sulfide) groups is 7. The van der Waals surface area contributed by atoms with Crippen LogP contribution in [0.3, 0.4) is 0 Å². The van der Waals surface area contributed by atoms with E-state index in [1.165, 1.54) is 141 Å². The smallest absolute Gasteiger partial charge is 0.251 e. The minimum atomic E-state index is -0.128. The van der Waals surface area contributed by atoms with Gasteiger partial charge in [-0.1, -0.05) is 113 Å². The highest BCUT2D eigenvalue weighted by atomic mass is 32.2. The summed E-state index contributed by atoms with van der Waals surface area (Å²) in [5.41, 5.74) is 13.5. The minimum absolute atomic E-state index is 0.106. The van der Waals surface area contributed by atoms with Crippen molar-refractivity contribution in [1.82, 2.24) is 119 Å². The number of nitrogens with zero attached hydrogens (tertiary/aromatic N) is 17. The normalized spacial score (nSPS) is 10.7. The first-order valence-corrected chi connectivity index (χ1v) is 43.3. The van der Waals surface area contributed by atoms with E-state index in [4.69, 9.17) is 9.05 Å². The molecule has 0 saturated heterocycles. The number of aromatic nitrogens is 24. The van der Waals surface area contributed by atoms with Crippen LogP contribution in [0, 0.1) is 76.2 Å². The molecule has 0 saturated carbocycles. The first-order chi connectivity index (χ1) is 54.6. The molecule has 0 aliphatic heterocycles. The van der Waals surface area contributed by atoms with Gasteiger partial charge in [0.15, 0.2) is 36.1 Å². The third kappa shape index (κ3) is 31.4. The van der Waals surface area contributed by atoms with E-state index in [2.05, 4.69) is 126 Å². The van der Waals surface area contributed by atoms with Crippen molar-refractivity contribution < 1.29 is 9.05 Å². The average Bonchev–Trinajstić information content (AvgIpc) is 1.73. The van der Waals surface area contributed by atoms with Crippen molar-refractivity contribution in [3.8, 4) is 0 Å². The predicted molar refractivity (Wildman–Crippen MR) is 449 cm³/mol. The Hall–Kier alpha value is -10.1. The lowest BCUT2D eigenvalue weighted by atomic mass is 10.1. The molecule has 14 heterocycles. The van der Waals surface area contributed by atoms with E-state index in [9.17, 15) is 33.6 Å². The lowest BCUT2D eigenvalue weighted by Crippen LogP contribution is -2.09. The molecule has 0 bridgehead atoms. The average molecular weight is 1720 g/mol. The predicted octanol–water partition coefficient (Wildman–Crippen LogP) is 12.4. The molecule has 0 amide bonds. The highest BCUT2D eigenvalue weighted by molar-refractivity contribution is 7.99. The van der Waals surface area contributed by atoms with E-state index in [0.717, 1.165) is 85.4 Å². The molecule has 14 rings (SSSR count). The van der Waals surface area contributed by atoms with Gasteiger partial charge in [-0.05, 0) is 107 Å². The first-order valence-electron chi connectivity index (χ1n) is 34.6. The number of hydrogen-bond donors (Lipinski definition) is 7. The summed E-state index contributed by atoms with van der Waals surface area (Å²) >= 11 is 13.5. The van der Waals surface area contributed by atoms with Crippen LogP contribution in [0.1, 0.15) is 122 Å². The Kier molecular flexibility index (Phi) is 35.9. The molecule has 0 radical (unpaired) electrons. The topological polar surface area (TPSA) is 452 Å². The molecule has 0 unspecified atom stereocenters. The van der Waals surface area contributed by atoms with Crippen LogP contribution >= 0.6 is 105 Å². The summed E-state index contributed by atoms with van der Waals surface area (Å²) in [6, 6.07) is 16.3. The SMILES string of the molecule is CCc1ccnn1CSc1nc(C)cc(=O)[nH]1.Cc1cc(=O)[nH]c(SCc2cnoc2C)n1.Cc1cc(=O)[nH]c(SCc2conc2C)n1.Cc1cc(=O)[nH]c(SCc2nccs2)n1.Cc1cc(=O)[nH]c(SCc2ncsc2C)n1.Cc1cc(=O)[nH]c(SCn2nccc2C(C)C)n1.Cc1cc(=O)[nH]c(SCn2nccc2C)n1. The number of nitrogens with one attached hydrogen (secondary N) is 7. The maximum Gasteiger partial charge on any atom is 0.251 e. The number of H-pyrrole nitrogens is 7. The fourth-order valence-electron chi connectivity index (χ4n) is 9.22. The van der Waals surface area contributed by atoms with E-state index in [1.807, 2.05) is 98.5 Å². The Morgan fingerprint density at radius 3 is 1.20 bits per heavy atom. The van der Waals surface area contributed by atoms with Gasteiger partial charge < -0.3 is 43.9 Å². The van der Waals surface area contributed by atoms with Crippen molar-refractivity contribution in [1.29, 1.82) is 0 Å². The molecule has 42 heteroatoms.